The first-order chi connectivity index (χ1) is 9.19. The van der Waals surface area contributed by atoms with E-state index in [1.54, 1.807) is 7.11 Å². The zero-order chi connectivity index (χ0) is 14.1. The third kappa shape index (κ3) is 7.25. The van der Waals surface area contributed by atoms with E-state index in [1.807, 2.05) is 0 Å². The molecule has 0 aromatic carbocycles. The topological polar surface area (TPSA) is 41.9 Å². The number of hydrogen-bond donors (Lipinski definition) is 1. The first-order valence-corrected chi connectivity index (χ1v) is 7.67. The molecule has 2 unspecified atom stereocenters. The molecule has 19 heavy (non-hydrogen) atoms. The van der Waals surface area contributed by atoms with Crippen molar-refractivity contribution in [3.63, 3.8) is 0 Å². The minimum atomic E-state index is -0.394. The fraction of sp³-hybridized carbons (Fsp3) is 1.00. The number of hydrogen-bond acceptors (Lipinski definition) is 4. The van der Waals surface area contributed by atoms with Gasteiger partial charge in [0.2, 0.25) is 0 Å². The molecule has 0 amide bonds. The lowest BCUT2D eigenvalue weighted by atomic mass is 10.1. The first-order valence-electron chi connectivity index (χ1n) is 7.67. The molecule has 4 heteroatoms. The third-order valence-electron chi connectivity index (χ3n) is 3.86. The predicted molar refractivity (Wildman–Crippen MR) is 77.4 cm³/mol. The molecule has 0 aromatic heterocycles. The number of rotatable bonds is 12. The second-order valence-electron chi connectivity index (χ2n) is 5.65. The van der Waals surface area contributed by atoms with Crippen LogP contribution in [-0.4, -0.2) is 62.2 Å². The quantitative estimate of drug-likeness (QED) is 0.552. The SMILES string of the molecule is CCCCOCC(O)CN(CCOC)C(C)C1CC1. The van der Waals surface area contributed by atoms with Crippen molar-refractivity contribution in [3.8, 4) is 0 Å². The van der Waals surface area contributed by atoms with Crippen LogP contribution in [0.4, 0.5) is 0 Å². The van der Waals surface area contributed by atoms with Crippen molar-refractivity contribution in [1.82, 2.24) is 4.90 Å². The summed E-state index contributed by atoms with van der Waals surface area (Å²) in [6.07, 6.45) is 4.46. The average Bonchev–Trinajstić information content (AvgIpc) is 3.23. The molecule has 4 nitrogen and oxygen atoms in total. The van der Waals surface area contributed by atoms with E-state index in [1.165, 1.54) is 12.8 Å². The molecule has 2 atom stereocenters. The van der Waals surface area contributed by atoms with Crippen LogP contribution in [0.15, 0.2) is 0 Å². The number of methoxy groups -OCH3 is 1. The van der Waals surface area contributed by atoms with Gasteiger partial charge in [0.05, 0.1) is 19.3 Å². The molecule has 1 N–H and O–H groups in total. The van der Waals surface area contributed by atoms with E-state index in [-0.39, 0.29) is 0 Å². The summed E-state index contributed by atoms with van der Waals surface area (Å²) < 4.78 is 10.7. The molecule has 1 aliphatic carbocycles. The standard InChI is InChI=1S/C15H31NO3/c1-4-5-9-19-12-15(17)11-16(8-10-18-3)13(2)14-6-7-14/h13-15,17H,4-12H2,1-3H3. The van der Waals surface area contributed by atoms with Crippen molar-refractivity contribution in [2.75, 3.05) is 40.0 Å². The van der Waals surface area contributed by atoms with Crippen molar-refractivity contribution < 1.29 is 14.6 Å². The van der Waals surface area contributed by atoms with Crippen LogP contribution in [-0.2, 0) is 9.47 Å². The van der Waals surface area contributed by atoms with E-state index in [2.05, 4.69) is 18.7 Å². The Balaban J connectivity index is 2.24. The number of unbranched alkanes of at least 4 members (excludes halogenated alkanes) is 1. The van der Waals surface area contributed by atoms with Gasteiger partial charge >= 0.3 is 0 Å². The molecule has 0 radical (unpaired) electrons. The largest absolute Gasteiger partial charge is 0.389 e. The number of ether oxygens (including phenoxy) is 2. The van der Waals surface area contributed by atoms with E-state index in [0.717, 1.165) is 38.5 Å². The Morgan fingerprint density at radius 2 is 2.05 bits per heavy atom. The minimum Gasteiger partial charge on any atom is -0.389 e. The lowest BCUT2D eigenvalue weighted by molar-refractivity contribution is 0.00180. The Bertz CT molecular complexity index is 221. The van der Waals surface area contributed by atoms with E-state index in [9.17, 15) is 5.11 Å². The highest BCUT2D eigenvalue weighted by Gasteiger charge is 2.32. The number of nitrogens with zero attached hydrogens (tertiary/aromatic N) is 1. The van der Waals surface area contributed by atoms with Crippen LogP contribution in [0.25, 0.3) is 0 Å². The zero-order valence-corrected chi connectivity index (χ0v) is 12.8. The van der Waals surface area contributed by atoms with Crippen LogP contribution in [0.5, 0.6) is 0 Å². The maximum atomic E-state index is 10.1. The monoisotopic (exact) mass is 273 g/mol. The second-order valence-corrected chi connectivity index (χ2v) is 5.65. The van der Waals surface area contributed by atoms with Crippen LogP contribution >= 0.6 is 0 Å². The van der Waals surface area contributed by atoms with E-state index >= 15 is 0 Å². The molecule has 1 saturated carbocycles. The molecular formula is C15H31NO3. The summed E-state index contributed by atoms with van der Waals surface area (Å²) in [6.45, 7) is 7.90. The van der Waals surface area contributed by atoms with Gasteiger partial charge < -0.3 is 14.6 Å². The van der Waals surface area contributed by atoms with Gasteiger partial charge in [0.1, 0.15) is 0 Å². The van der Waals surface area contributed by atoms with Crippen LogP contribution in [0.2, 0.25) is 0 Å². The predicted octanol–water partition coefficient (Wildman–Crippen LogP) is 1.91. The van der Waals surface area contributed by atoms with E-state index < -0.39 is 6.10 Å². The Labute approximate surface area is 118 Å². The summed E-state index contributed by atoms with van der Waals surface area (Å²) in [6, 6.07) is 0.542. The molecule has 0 bridgehead atoms. The van der Waals surface area contributed by atoms with E-state index in [0.29, 0.717) is 19.2 Å². The van der Waals surface area contributed by atoms with Gasteiger partial charge in [-0.25, -0.2) is 0 Å². The Morgan fingerprint density at radius 3 is 2.63 bits per heavy atom. The van der Waals surface area contributed by atoms with Crippen LogP contribution < -0.4 is 0 Å². The maximum absolute atomic E-state index is 10.1. The fourth-order valence-electron chi connectivity index (χ4n) is 2.34. The average molecular weight is 273 g/mol. The van der Waals surface area contributed by atoms with Crippen LogP contribution in [0.1, 0.15) is 39.5 Å². The van der Waals surface area contributed by atoms with Gasteiger partial charge in [0.25, 0.3) is 0 Å². The summed E-state index contributed by atoms with van der Waals surface area (Å²) in [7, 11) is 1.73. The summed E-state index contributed by atoms with van der Waals surface area (Å²) in [5, 5.41) is 10.1. The van der Waals surface area contributed by atoms with Crippen molar-refractivity contribution in [2.24, 2.45) is 5.92 Å². The molecule has 1 rings (SSSR count). The van der Waals surface area contributed by atoms with Crippen LogP contribution in [0.3, 0.4) is 0 Å². The molecule has 0 saturated heterocycles. The smallest absolute Gasteiger partial charge is 0.0900 e. The molecule has 0 spiro atoms. The third-order valence-corrected chi connectivity index (χ3v) is 3.86. The van der Waals surface area contributed by atoms with Gasteiger partial charge in [-0.2, -0.15) is 0 Å². The van der Waals surface area contributed by atoms with Crippen molar-refractivity contribution in [2.45, 2.75) is 51.7 Å². The molecule has 1 fully saturated rings. The van der Waals surface area contributed by atoms with Crippen LogP contribution in [0, 0.1) is 5.92 Å². The van der Waals surface area contributed by atoms with Crippen molar-refractivity contribution >= 4 is 0 Å². The van der Waals surface area contributed by atoms with E-state index in [4.69, 9.17) is 9.47 Å². The lowest BCUT2D eigenvalue weighted by Gasteiger charge is -2.30. The zero-order valence-electron chi connectivity index (χ0n) is 12.8. The number of aliphatic hydroxyl groups excluding tert-OH is 1. The normalized spacial score (nSPS) is 18.8. The summed E-state index contributed by atoms with van der Waals surface area (Å²) in [5.74, 6) is 0.810. The Hall–Kier alpha value is -0.160. The molecule has 114 valence electrons. The molecule has 1 aliphatic rings. The first kappa shape index (κ1) is 16.9. The number of aliphatic hydroxyl groups is 1. The summed E-state index contributed by atoms with van der Waals surface area (Å²) in [4.78, 5) is 2.34. The highest BCUT2D eigenvalue weighted by molar-refractivity contribution is 4.86. The molecule has 0 aromatic rings. The minimum absolute atomic E-state index is 0.394. The Kier molecular flexibility index (Phi) is 8.62. The van der Waals surface area contributed by atoms with Gasteiger partial charge in [0, 0.05) is 32.8 Å². The second kappa shape index (κ2) is 9.70. The highest BCUT2D eigenvalue weighted by Crippen LogP contribution is 2.35. The van der Waals surface area contributed by atoms with Gasteiger partial charge in [-0.3, -0.25) is 4.90 Å². The van der Waals surface area contributed by atoms with Crippen molar-refractivity contribution in [3.05, 3.63) is 0 Å². The molecule has 0 heterocycles. The van der Waals surface area contributed by atoms with Crippen molar-refractivity contribution in [1.29, 1.82) is 0 Å². The van der Waals surface area contributed by atoms with Gasteiger partial charge in [-0.1, -0.05) is 13.3 Å². The molecular weight excluding hydrogens is 242 g/mol. The highest BCUT2D eigenvalue weighted by atomic mass is 16.5. The molecule has 0 aliphatic heterocycles. The van der Waals surface area contributed by atoms with Gasteiger partial charge in [-0.05, 0) is 32.1 Å². The summed E-state index contributed by atoms with van der Waals surface area (Å²) in [5.41, 5.74) is 0. The van der Waals surface area contributed by atoms with Gasteiger partial charge in [-0.15, -0.1) is 0 Å². The van der Waals surface area contributed by atoms with Gasteiger partial charge in [0.15, 0.2) is 0 Å². The summed E-state index contributed by atoms with van der Waals surface area (Å²) >= 11 is 0. The fourth-order valence-corrected chi connectivity index (χ4v) is 2.34. The Morgan fingerprint density at radius 1 is 1.32 bits per heavy atom. The maximum Gasteiger partial charge on any atom is 0.0900 e. The lowest BCUT2D eigenvalue weighted by Crippen LogP contribution is -2.43.